The number of hydrogen-bond acceptors (Lipinski definition) is 4. The first-order valence-corrected chi connectivity index (χ1v) is 10.9. The number of carbonyl (C=O) groups is 1. The molecule has 4 rings (SSSR count). The number of piperidine rings is 1. The van der Waals surface area contributed by atoms with Crippen molar-refractivity contribution in [2.45, 2.75) is 38.6 Å². The van der Waals surface area contributed by atoms with Crippen LogP contribution in [0.3, 0.4) is 0 Å². The van der Waals surface area contributed by atoms with Crippen LogP contribution in [0.25, 0.3) is 0 Å². The van der Waals surface area contributed by atoms with E-state index in [4.69, 9.17) is 11.6 Å². The van der Waals surface area contributed by atoms with Gasteiger partial charge in [-0.1, -0.05) is 30.5 Å². The second kappa shape index (κ2) is 7.82. The first-order chi connectivity index (χ1) is 13.1. The molecule has 1 saturated heterocycles. The van der Waals surface area contributed by atoms with Gasteiger partial charge in [0.2, 0.25) is 0 Å². The number of anilines is 1. The average molecular weight is 402 g/mol. The van der Waals surface area contributed by atoms with Gasteiger partial charge in [0.25, 0.3) is 5.91 Å². The minimum Gasteiger partial charge on any atom is -0.300 e. The van der Waals surface area contributed by atoms with Crippen LogP contribution in [-0.2, 0) is 0 Å². The molecule has 142 valence electrons. The van der Waals surface area contributed by atoms with Crippen molar-refractivity contribution in [1.82, 2.24) is 9.29 Å². The fourth-order valence-electron chi connectivity index (χ4n) is 4.16. The smallest absolute Gasteiger partial charge is 0.259 e. The van der Waals surface area contributed by atoms with Crippen molar-refractivity contribution in [3.8, 4) is 0 Å². The molecule has 2 aliphatic heterocycles. The summed E-state index contributed by atoms with van der Waals surface area (Å²) in [5.74, 6) is 1.67. The third-order valence-electron chi connectivity index (χ3n) is 5.56. The van der Waals surface area contributed by atoms with Gasteiger partial charge in [-0.15, -0.1) is 0 Å². The van der Waals surface area contributed by atoms with Gasteiger partial charge in [0.1, 0.15) is 0 Å². The summed E-state index contributed by atoms with van der Waals surface area (Å²) in [4.78, 5) is 19.3. The van der Waals surface area contributed by atoms with Crippen LogP contribution in [0.2, 0.25) is 5.02 Å². The predicted molar refractivity (Wildman–Crippen MR) is 113 cm³/mol. The quantitative estimate of drug-likeness (QED) is 0.651. The molecule has 0 aliphatic carbocycles. The van der Waals surface area contributed by atoms with Gasteiger partial charge < -0.3 is 0 Å². The standard InChI is InChI=1S/C21H24ClN3OS/c1-3-27-24-8-6-15(7-9-24)16-10-18(13-23-12-16)25-14(2)20-11-17(22)4-5-19(20)21(25)26/h4-5,10-15H,3,6-9H2,1-2H3. The number of halogens is 1. The number of pyridine rings is 1. The average Bonchev–Trinajstić information content (AvgIpc) is 2.93. The van der Waals surface area contributed by atoms with Gasteiger partial charge in [0.05, 0.1) is 17.9 Å². The molecule has 4 nitrogen and oxygen atoms in total. The zero-order valence-corrected chi connectivity index (χ0v) is 17.3. The van der Waals surface area contributed by atoms with E-state index < -0.39 is 0 Å². The van der Waals surface area contributed by atoms with E-state index in [0.717, 1.165) is 48.5 Å². The molecule has 3 heterocycles. The van der Waals surface area contributed by atoms with E-state index >= 15 is 0 Å². The highest BCUT2D eigenvalue weighted by Crippen LogP contribution is 2.39. The molecule has 0 radical (unpaired) electrons. The minimum atomic E-state index is -0.0361. The Morgan fingerprint density at radius 2 is 2.00 bits per heavy atom. The number of fused-ring (bicyclic) bond motifs is 1. The molecule has 27 heavy (non-hydrogen) atoms. The Labute approximate surface area is 170 Å². The van der Waals surface area contributed by atoms with Crippen LogP contribution in [0.5, 0.6) is 0 Å². The van der Waals surface area contributed by atoms with E-state index in [1.54, 1.807) is 12.3 Å². The van der Waals surface area contributed by atoms with Gasteiger partial charge in [-0.2, -0.15) is 0 Å². The second-order valence-electron chi connectivity index (χ2n) is 7.18. The van der Waals surface area contributed by atoms with Gasteiger partial charge in [0.15, 0.2) is 0 Å². The highest BCUT2D eigenvalue weighted by atomic mass is 35.5. The maximum atomic E-state index is 13.0. The number of hydrogen-bond donors (Lipinski definition) is 0. The molecule has 0 spiro atoms. The maximum absolute atomic E-state index is 13.0. The highest BCUT2D eigenvalue weighted by Gasteiger charge is 2.35. The monoisotopic (exact) mass is 401 g/mol. The fraction of sp³-hybridized carbons (Fsp3) is 0.429. The van der Waals surface area contributed by atoms with Gasteiger partial charge in [-0.25, -0.2) is 0 Å². The third-order valence-corrected chi connectivity index (χ3v) is 6.78. The number of benzene rings is 1. The summed E-state index contributed by atoms with van der Waals surface area (Å²) < 4.78 is 2.46. The van der Waals surface area contributed by atoms with Gasteiger partial charge in [-0.05, 0) is 61.1 Å². The normalized spacial score (nSPS) is 20.9. The van der Waals surface area contributed by atoms with Crippen molar-refractivity contribution in [3.63, 3.8) is 0 Å². The van der Waals surface area contributed by atoms with Crippen LogP contribution in [0.4, 0.5) is 5.69 Å². The maximum Gasteiger partial charge on any atom is 0.259 e. The number of rotatable bonds is 4. The lowest BCUT2D eigenvalue weighted by atomic mass is 9.91. The van der Waals surface area contributed by atoms with E-state index in [1.165, 1.54) is 5.56 Å². The molecule has 1 unspecified atom stereocenters. The van der Waals surface area contributed by atoms with E-state index in [0.29, 0.717) is 10.9 Å². The molecule has 0 N–H and O–H groups in total. The van der Waals surface area contributed by atoms with Crippen molar-refractivity contribution < 1.29 is 4.79 Å². The van der Waals surface area contributed by atoms with Crippen molar-refractivity contribution in [2.24, 2.45) is 0 Å². The second-order valence-corrected chi connectivity index (χ2v) is 8.97. The van der Waals surface area contributed by atoms with Gasteiger partial charge in [-0.3, -0.25) is 19.0 Å². The summed E-state index contributed by atoms with van der Waals surface area (Å²) in [7, 11) is 0. The summed E-state index contributed by atoms with van der Waals surface area (Å²) >= 11 is 8.06. The molecule has 1 fully saturated rings. The topological polar surface area (TPSA) is 36.4 Å². The number of aromatic nitrogens is 1. The van der Waals surface area contributed by atoms with Crippen molar-refractivity contribution in [1.29, 1.82) is 0 Å². The zero-order chi connectivity index (χ0) is 19.0. The third kappa shape index (κ3) is 3.60. The largest absolute Gasteiger partial charge is 0.300 e. The Morgan fingerprint density at radius 3 is 2.74 bits per heavy atom. The Balaban J connectivity index is 1.56. The van der Waals surface area contributed by atoms with E-state index in [1.807, 2.05) is 42.1 Å². The van der Waals surface area contributed by atoms with Crippen LogP contribution < -0.4 is 4.90 Å². The van der Waals surface area contributed by atoms with E-state index in [9.17, 15) is 4.79 Å². The molecule has 1 atom stereocenters. The van der Waals surface area contributed by atoms with Crippen molar-refractivity contribution in [3.05, 3.63) is 58.4 Å². The van der Waals surface area contributed by atoms with Crippen LogP contribution in [0, 0.1) is 0 Å². The molecule has 1 aromatic carbocycles. The van der Waals surface area contributed by atoms with Crippen LogP contribution in [0.1, 0.15) is 60.1 Å². The lowest BCUT2D eigenvalue weighted by molar-refractivity contribution is 0.0992. The molecule has 6 heteroatoms. The molecular formula is C21H24ClN3OS. The molecule has 1 aromatic heterocycles. The minimum absolute atomic E-state index is 0.0299. The van der Waals surface area contributed by atoms with Crippen molar-refractivity contribution in [2.75, 3.05) is 23.7 Å². The van der Waals surface area contributed by atoms with Crippen LogP contribution >= 0.6 is 23.5 Å². The SMILES string of the molecule is CCSN1CCC(c2cncc(N3C(=O)c4ccc(Cl)cc4C3C)c2)CC1. The Kier molecular flexibility index (Phi) is 5.44. The summed E-state index contributed by atoms with van der Waals surface area (Å²) in [5.41, 5.74) is 3.84. The first-order valence-electron chi connectivity index (χ1n) is 9.54. The Hall–Kier alpha value is -1.56. The molecule has 2 aliphatic rings. The molecule has 2 aromatic rings. The summed E-state index contributed by atoms with van der Waals surface area (Å²) in [6, 6.07) is 7.63. The molecule has 1 amide bonds. The van der Waals surface area contributed by atoms with Crippen LogP contribution in [0.15, 0.2) is 36.7 Å². The predicted octanol–water partition coefficient (Wildman–Crippen LogP) is 5.30. The first kappa shape index (κ1) is 18.8. The van der Waals surface area contributed by atoms with Crippen molar-refractivity contribution >= 4 is 35.1 Å². The number of carbonyl (C=O) groups excluding carboxylic acids is 1. The highest BCUT2D eigenvalue weighted by molar-refractivity contribution is 7.96. The summed E-state index contributed by atoms with van der Waals surface area (Å²) in [6.07, 6.45) is 6.04. The molecule has 0 bridgehead atoms. The lowest BCUT2D eigenvalue weighted by Gasteiger charge is -2.31. The summed E-state index contributed by atoms with van der Waals surface area (Å²) in [6.45, 7) is 6.46. The number of amides is 1. The summed E-state index contributed by atoms with van der Waals surface area (Å²) in [5, 5.41) is 0.666. The Morgan fingerprint density at radius 1 is 1.22 bits per heavy atom. The fourth-order valence-corrected chi connectivity index (χ4v) is 5.18. The molecule has 0 saturated carbocycles. The number of nitrogens with zero attached hydrogens (tertiary/aromatic N) is 3. The van der Waals surface area contributed by atoms with Gasteiger partial charge in [0, 0.05) is 35.6 Å². The van der Waals surface area contributed by atoms with E-state index in [2.05, 4.69) is 22.3 Å². The van der Waals surface area contributed by atoms with E-state index in [-0.39, 0.29) is 11.9 Å². The Bertz CT molecular complexity index is 851. The van der Waals surface area contributed by atoms with Gasteiger partial charge >= 0.3 is 0 Å². The zero-order valence-electron chi connectivity index (χ0n) is 15.7. The molecular weight excluding hydrogens is 378 g/mol. The lowest BCUT2D eigenvalue weighted by Crippen LogP contribution is -2.28. The van der Waals surface area contributed by atoms with Crippen LogP contribution in [-0.4, -0.2) is 34.0 Å².